The number of rotatable bonds is 3. The smallest absolute Gasteiger partial charge is 0.338 e. The molecule has 0 spiro atoms. The van der Waals surface area contributed by atoms with Gasteiger partial charge in [-0.25, -0.2) is 4.79 Å². The largest absolute Gasteiger partial charge is 0.478 e. The Balaban J connectivity index is 2.27. The van der Waals surface area contributed by atoms with E-state index in [9.17, 15) is 9.59 Å². The minimum atomic E-state index is -1.18. The van der Waals surface area contributed by atoms with Gasteiger partial charge in [0.1, 0.15) is 5.69 Å². The number of pyridine rings is 1. The average Bonchev–Trinajstić information content (AvgIpc) is 2.40. The van der Waals surface area contributed by atoms with Crippen LogP contribution in [0.5, 0.6) is 0 Å². The Morgan fingerprint density at radius 1 is 1.06 bits per heavy atom. The fraction of sp³-hybridized carbons (Fsp3) is 0. The lowest BCUT2D eigenvalue weighted by molar-refractivity contribution is 0.0691. The molecule has 0 fully saturated rings. The molecule has 1 aromatic carbocycles. The van der Waals surface area contributed by atoms with Crippen LogP contribution in [0.25, 0.3) is 0 Å². The summed E-state index contributed by atoms with van der Waals surface area (Å²) in [7, 11) is 0. The fourth-order valence-electron chi connectivity index (χ4n) is 1.47. The molecule has 1 heterocycles. The normalized spacial score (nSPS) is 9.78. The summed E-state index contributed by atoms with van der Waals surface area (Å²) in [6.45, 7) is 0. The van der Waals surface area contributed by atoms with Gasteiger partial charge in [0.15, 0.2) is 0 Å². The number of carbonyl (C=O) groups is 2. The average molecular weight is 242 g/mol. The molecule has 0 saturated carbocycles. The molecule has 0 saturated heterocycles. The highest BCUT2D eigenvalue weighted by molar-refractivity contribution is 6.09. The standard InChI is InChI=1S/C13H10N2O3/c16-12(15-9-5-2-1-3-6-9)11-10(13(17)18)7-4-8-14-11/h1-8H,(H,15,16)(H,17,18). The molecule has 0 aliphatic carbocycles. The first-order chi connectivity index (χ1) is 8.68. The highest BCUT2D eigenvalue weighted by Crippen LogP contribution is 2.10. The quantitative estimate of drug-likeness (QED) is 0.863. The maximum Gasteiger partial charge on any atom is 0.338 e. The first kappa shape index (κ1) is 11.8. The van der Waals surface area contributed by atoms with Crippen molar-refractivity contribution < 1.29 is 14.7 Å². The number of nitrogens with zero attached hydrogens (tertiary/aromatic N) is 1. The van der Waals surface area contributed by atoms with Crippen molar-refractivity contribution in [3.05, 3.63) is 59.9 Å². The van der Waals surface area contributed by atoms with Crippen LogP contribution in [-0.4, -0.2) is 22.0 Å². The second-order valence-corrected chi connectivity index (χ2v) is 3.52. The second-order valence-electron chi connectivity index (χ2n) is 3.52. The van der Waals surface area contributed by atoms with Gasteiger partial charge in [0, 0.05) is 11.9 Å². The Morgan fingerprint density at radius 3 is 2.44 bits per heavy atom. The molecule has 0 bridgehead atoms. The zero-order valence-corrected chi connectivity index (χ0v) is 9.33. The second kappa shape index (κ2) is 5.09. The van der Waals surface area contributed by atoms with Crippen molar-refractivity contribution in [3.63, 3.8) is 0 Å². The zero-order chi connectivity index (χ0) is 13.0. The molecule has 0 atom stereocenters. The van der Waals surface area contributed by atoms with Crippen LogP contribution < -0.4 is 5.32 Å². The van der Waals surface area contributed by atoms with E-state index in [-0.39, 0.29) is 11.3 Å². The number of hydrogen-bond acceptors (Lipinski definition) is 3. The molecule has 0 aliphatic rings. The highest BCUT2D eigenvalue weighted by Gasteiger charge is 2.17. The van der Waals surface area contributed by atoms with Crippen molar-refractivity contribution in [2.45, 2.75) is 0 Å². The van der Waals surface area contributed by atoms with E-state index in [1.165, 1.54) is 18.3 Å². The van der Waals surface area contributed by atoms with E-state index in [1.54, 1.807) is 24.3 Å². The molecule has 0 radical (unpaired) electrons. The minimum Gasteiger partial charge on any atom is -0.478 e. The number of aromatic carboxylic acids is 1. The molecular weight excluding hydrogens is 232 g/mol. The number of carboxylic acids is 1. The molecule has 2 N–H and O–H groups in total. The number of benzene rings is 1. The van der Waals surface area contributed by atoms with Gasteiger partial charge in [-0.3, -0.25) is 9.78 Å². The Bertz CT molecular complexity index is 582. The lowest BCUT2D eigenvalue weighted by atomic mass is 10.2. The van der Waals surface area contributed by atoms with Crippen LogP contribution in [0.4, 0.5) is 5.69 Å². The van der Waals surface area contributed by atoms with Gasteiger partial charge in [-0.15, -0.1) is 0 Å². The number of amides is 1. The van der Waals surface area contributed by atoms with E-state index in [0.717, 1.165) is 0 Å². The molecule has 0 aliphatic heterocycles. The SMILES string of the molecule is O=C(O)c1cccnc1C(=O)Nc1ccccc1. The molecule has 5 heteroatoms. The van der Waals surface area contributed by atoms with E-state index in [2.05, 4.69) is 10.3 Å². The third-order valence-corrected chi connectivity index (χ3v) is 2.28. The Hall–Kier alpha value is -2.69. The molecule has 1 aromatic heterocycles. The molecule has 5 nitrogen and oxygen atoms in total. The van der Waals surface area contributed by atoms with Crippen molar-refractivity contribution in [2.75, 3.05) is 5.32 Å². The van der Waals surface area contributed by atoms with Gasteiger partial charge in [0.25, 0.3) is 5.91 Å². The van der Waals surface area contributed by atoms with Crippen molar-refractivity contribution in [1.82, 2.24) is 4.98 Å². The molecular formula is C13H10N2O3. The number of hydrogen-bond donors (Lipinski definition) is 2. The molecule has 2 aromatic rings. The van der Waals surface area contributed by atoms with Crippen molar-refractivity contribution in [1.29, 1.82) is 0 Å². The van der Waals surface area contributed by atoms with Crippen LogP contribution in [0.3, 0.4) is 0 Å². The summed E-state index contributed by atoms with van der Waals surface area (Å²) in [6, 6.07) is 11.6. The van der Waals surface area contributed by atoms with Crippen molar-refractivity contribution in [2.24, 2.45) is 0 Å². The number of para-hydroxylation sites is 1. The zero-order valence-electron chi connectivity index (χ0n) is 9.33. The van der Waals surface area contributed by atoms with Crippen molar-refractivity contribution >= 4 is 17.6 Å². The van der Waals surface area contributed by atoms with Crippen molar-refractivity contribution in [3.8, 4) is 0 Å². The van der Waals surface area contributed by atoms with Gasteiger partial charge in [-0.05, 0) is 24.3 Å². The van der Waals surface area contributed by atoms with E-state index in [0.29, 0.717) is 5.69 Å². The third-order valence-electron chi connectivity index (χ3n) is 2.28. The van der Waals surface area contributed by atoms with Gasteiger partial charge in [-0.1, -0.05) is 18.2 Å². The maximum absolute atomic E-state index is 11.9. The summed E-state index contributed by atoms with van der Waals surface area (Å²) in [6.07, 6.45) is 1.38. The number of nitrogens with one attached hydrogen (secondary N) is 1. The van der Waals surface area contributed by atoms with E-state index in [1.807, 2.05) is 6.07 Å². The third kappa shape index (κ3) is 2.52. The van der Waals surface area contributed by atoms with Gasteiger partial charge in [-0.2, -0.15) is 0 Å². The Labute approximate surface area is 103 Å². The highest BCUT2D eigenvalue weighted by atomic mass is 16.4. The number of anilines is 1. The molecule has 1 amide bonds. The van der Waals surface area contributed by atoms with Crippen LogP contribution in [0.2, 0.25) is 0 Å². The molecule has 2 rings (SSSR count). The lowest BCUT2D eigenvalue weighted by Crippen LogP contribution is -2.18. The minimum absolute atomic E-state index is 0.103. The monoisotopic (exact) mass is 242 g/mol. The summed E-state index contributed by atoms with van der Waals surface area (Å²) in [5.41, 5.74) is 0.365. The number of carboxylic acid groups (broad SMARTS) is 1. The van der Waals surface area contributed by atoms with Gasteiger partial charge in [0.2, 0.25) is 0 Å². The maximum atomic E-state index is 11.9. The predicted octanol–water partition coefficient (Wildman–Crippen LogP) is 2.03. The number of aromatic nitrogens is 1. The van der Waals surface area contributed by atoms with E-state index < -0.39 is 11.9 Å². The Morgan fingerprint density at radius 2 is 1.78 bits per heavy atom. The van der Waals surface area contributed by atoms with Crippen LogP contribution in [0.15, 0.2) is 48.7 Å². The first-order valence-corrected chi connectivity index (χ1v) is 5.23. The number of carbonyl (C=O) groups excluding carboxylic acids is 1. The van der Waals surface area contributed by atoms with E-state index in [4.69, 9.17) is 5.11 Å². The summed E-state index contributed by atoms with van der Waals surface area (Å²) >= 11 is 0. The Kier molecular flexibility index (Phi) is 3.33. The summed E-state index contributed by atoms with van der Waals surface area (Å²) in [5, 5.41) is 11.5. The van der Waals surface area contributed by atoms with Crippen LogP contribution in [0.1, 0.15) is 20.8 Å². The summed E-state index contributed by atoms with van der Waals surface area (Å²) < 4.78 is 0. The predicted molar refractivity (Wildman–Crippen MR) is 65.6 cm³/mol. The topological polar surface area (TPSA) is 79.3 Å². The summed E-state index contributed by atoms with van der Waals surface area (Å²) in [5.74, 6) is -1.72. The van der Waals surface area contributed by atoms with Crippen LogP contribution in [0, 0.1) is 0 Å². The molecule has 90 valence electrons. The molecule has 0 unspecified atom stereocenters. The lowest BCUT2D eigenvalue weighted by Gasteiger charge is -2.06. The van der Waals surface area contributed by atoms with Crippen LogP contribution >= 0.6 is 0 Å². The summed E-state index contributed by atoms with van der Waals surface area (Å²) in [4.78, 5) is 26.7. The van der Waals surface area contributed by atoms with Gasteiger partial charge in [0.05, 0.1) is 5.56 Å². The van der Waals surface area contributed by atoms with Crippen LogP contribution in [-0.2, 0) is 0 Å². The first-order valence-electron chi connectivity index (χ1n) is 5.23. The van der Waals surface area contributed by atoms with Gasteiger partial charge >= 0.3 is 5.97 Å². The molecule has 18 heavy (non-hydrogen) atoms. The fourth-order valence-corrected chi connectivity index (χ4v) is 1.47. The van der Waals surface area contributed by atoms with Gasteiger partial charge < -0.3 is 10.4 Å². The van der Waals surface area contributed by atoms with E-state index >= 15 is 0 Å².